The number of ether oxygens (including phenoxy) is 1. The van der Waals surface area contributed by atoms with Crippen molar-refractivity contribution in [3.05, 3.63) is 68.5 Å². The summed E-state index contributed by atoms with van der Waals surface area (Å²) >= 11 is 0. The Morgan fingerprint density at radius 2 is 1.94 bits per heavy atom. The summed E-state index contributed by atoms with van der Waals surface area (Å²) in [5.41, 5.74) is 2.29. The molecule has 0 fully saturated rings. The number of benzene rings is 2. The summed E-state index contributed by atoms with van der Waals surface area (Å²) in [6.07, 6.45) is 0. The van der Waals surface area contributed by atoms with Crippen LogP contribution in [0.1, 0.15) is 11.3 Å². The van der Waals surface area contributed by atoms with Gasteiger partial charge in [-0.1, -0.05) is 16.8 Å². The van der Waals surface area contributed by atoms with E-state index >= 15 is 0 Å². The first-order chi connectivity index (χ1) is 15.2. The number of aliphatic carboxylic acids is 1. The van der Waals surface area contributed by atoms with E-state index in [4.69, 9.17) is 14.4 Å². The molecule has 4 rings (SSSR count). The summed E-state index contributed by atoms with van der Waals surface area (Å²) < 4.78 is 13.4. The minimum Gasteiger partial charge on any atom is -0.481 e. The number of nitrogens with zero attached hydrogens (tertiary/aromatic N) is 3. The smallest absolute Gasteiger partial charge is 0.341 e. The standard InChI is InChI=1S/C22H20N3O6P/c1-11-4-5-16(30-10-20(27)28)13(6-11)21-14-8-15(18(32)9-17(14)31-23-21)25-19(26)7-12(2)24(3)22(25)29/h4-9H,10,32H2,1-3H3,(H,27,28). The van der Waals surface area contributed by atoms with Crippen molar-refractivity contribution in [2.45, 2.75) is 13.8 Å². The lowest BCUT2D eigenvalue weighted by Gasteiger charge is -2.12. The largest absolute Gasteiger partial charge is 0.481 e. The van der Waals surface area contributed by atoms with Gasteiger partial charge in [0.25, 0.3) is 5.56 Å². The van der Waals surface area contributed by atoms with E-state index in [9.17, 15) is 14.4 Å². The maximum absolute atomic E-state index is 12.8. The van der Waals surface area contributed by atoms with E-state index in [1.54, 1.807) is 44.3 Å². The number of fused-ring (bicyclic) bond motifs is 1. The van der Waals surface area contributed by atoms with Crippen molar-refractivity contribution < 1.29 is 19.2 Å². The highest BCUT2D eigenvalue weighted by molar-refractivity contribution is 7.27. The molecule has 2 aromatic heterocycles. The van der Waals surface area contributed by atoms with Gasteiger partial charge in [0.1, 0.15) is 11.4 Å². The molecule has 0 bridgehead atoms. The Morgan fingerprint density at radius 3 is 2.66 bits per heavy atom. The SMILES string of the molecule is Cc1ccc(OCC(=O)O)c(-c2noc3cc(P)c(-n4c(=O)cc(C)n(C)c4=O)cc23)c1. The van der Waals surface area contributed by atoms with Crippen LogP contribution in [-0.4, -0.2) is 32.0 Å². The van der Waals surface area contributed by atoms with Gasteiger partial charge >= 0.3 is 11.7 Å². The molecule has 2 heterocycles. The maximum atomic E-state index is 12.8. The van der Waals surface area contributed by atoms with Crippen LogP contribution in [0.2, 0.25) is 0 Å². The van der Waals surface area contributed by atoms with E-state index in [-0.39, 0.29) is 0 Å². The third-order valence-corrected chi connectivity index (χ3v) is 5.62. The summed E-state index contributed by atoms with van der Waals surface area (Å²) in [7, 11) is 4.10. The first-order valence-electron chi connectivity index (χ1n) is 9.62. The number of aromatic nitrogens is 3. The third-order valence-electron chi connectivity index (χ3n) is 5.16. The Balaban J connectivity index is 1.97. The molecule has 0 aliphatic heterocycles. The van der Waals surface area contributed by atoms with Crippen molar-refractivity contribution in [1.29, 1.82) is 0 Å². The van der Waals surface area contributed by atoms with Gasteiger partial charge in [0.05, 0.1) is 11.1 Å². The van der Waals surface area contributed by atoms with Gasteiger partial charge in [0, 0.05) is 24.4 Å². The molecular formula is C22H20N3O6P. The highest BCUT2D eigenvalue weighted by Gasteiger charge is 2.19. The molecule has 1 N–H and O–H groups in total. The Labute approximate surface area is 184 Å². The second-order valence-corrected chi connectivity index (χ2v) is 8.04. The van der Waals surface area contributed by atoms with Crippen molar-refractivity contribution in [2.75, 3.05) is 6.61 Å². The normalized spacial score (nSPS) is 11.1. The van der Waals surface area contributed by atoms with Crippen LogP contribution in [0.5, 0.6) is 5.75 Å². The highest BCUT2D eigenvalue weighted by atomic mass is 31.0. The minimum absolute atomic E-state index is 0.327. The molecule has 2 aromatic carbocycles. The van der Waals surface area contributed by atoms with E-state index in [0.29, 0.717) is 44.7 Å². The van der Waals surface area contributed by atoms with E-state index in [1.165, 1.54) is 10.6 Å². The molecule has 1 atom stereocenters. The number of hydrogen-bond donors (Lipinski definition) is 1. The van der Waals surface area contributed by atoms with Gasteiger partial charge in [0.15, 0.2) is 12.2 Å². The molecule has 0 amide bonds. The molecule has 164 valence electrons. The van der Waals surface area contributed by atoms with Crippen molar-refractivity contribution in [3.8, 4) is 22.7 Å². The van der Waals surface area contributed by atoms with Crippen LogP contribution in [0.3, 0.4) is 0 Å². The van der Waals surface area contributed by atoms with Crippen LogP contribution in [0.15, 0.2) is 50.5 Å². The van der Waals surface area contributed by atoms with Gasteiger partial charge < -0.3 is 18.9 Å². The molecule has 0 aliphatic rings. The predicted molar refractivity (Wildman–Crippen MR) is 122 cm³/mol. The van der Waals surface area contributed by atoms with Gasteiger partial charge in [-0.15, -0.1) is 9.24 Å². The Bertz CT molecular complexity index is 1500. The number of carbonyl (C=O) groups is 1. The monoisotopic (exact) mass is 453 g/mol. The first-order valence-corrected chi connectivity index (χ1v) is 10.2. The van der Waals surface area contributed by atoms with Gasteiger partial charge in [-0.3, -0.25) is 4.79 Å². The molecule has 1 unspecified atom stereocenters. The Morgan fingerprint density at radius 1 is 1.19 bits per heavy atom. The molecule has 0 saturated carbocycles. The lowest BCUT2D eigenvalue weighted by Crippen LogP contribution is -2.39. The van der Waals surface area contributed by atoms with Crippen LogP contribution in [0.25, 0.3) is 27.9 Å². The molecule has 0 spiro atoms. The number of hydrogen-bond acceptors (Lipinski definition) is 6. The summed E-state index contributed by atoms with van der Waals surface area (Å²) in [6, 6.07) is 9.99. The van der Waals surface area contributed by atoms with Gasteiger partial charge in [-0.05, 0) is 43.4 Å². The molecule has 0 radical (unpaired) electrons. The van der Waals surface area contributed by atoms with Crippen LogP contribution in [0.4, 0.5) is 0 Å². The molecule has 0 aliphatic carbocycles. The van der Waals surface area contributed by atoms with Crippen LogP contribution >= 0.6 is 9.24 Å². The van der Waals surface area contributed by atoms with E-state index in [2.05, 4.69) is 14.4 Å². The summed E-state index contributed by atoms with van der Waals surface area (Å²) in [5, 5.41) is 14.3. The fraction of sp³-hybridized carbons (Fsp3) is 0.182. The molecule has 32 heavy (non-hydrogen) atoms. The average molecular weight is 453 g/mol. The second kappa shape index (κ2) is 8.09. The second-order valence-electron chi connectivity index (χ2n) is 7.42. The van der Waals surface area contributed by atoms with Gasteiger partial charge in [-0.25, -0.2) is 14.2 Å². The van der Waals surface area contributed by atoms with Crippen molar-refractivity contribution in [1.82, 2.24) is 14.3 Å². The summed E-state index contributed by atoms with van der Waals surface area (Å²) in [5.74, 6) is -0.779. The van der Waals surface area contributed by atoms with Crippen LogP contribution in [-0.2, 0) is 11.8 Å². The van der Waals surface area contributed by atoms with Crippen LogP contribution in [0, 0.1) is 13.8 Å². The zero-order valence-electron chi connectivity index (χ0n) is 17.6. The molecule has 4 aromatic rings. The Kier molecular flexibility index (Phi) is 5.44. The zero-order valence-corrected chi connectivity index (χ0v) is 18.7. The first kappa shape index (κ1) is 21.5. The summed E-state index contributed by atoms with van der Waals surface area (Å²) in [4.78, 5) is 36.5. The zero-order chi connectivity index (χ0) is 23.2. The van der Waals surface area contributed by atoms with E-state index in [0.717, 1.165) is 10.1 Å². The third kappa shape index (κ3) is 3.71. The van der Waals surface area contributed by atoms with Crippen molar-refractivity contribution in [3.63, 3.8) is 0 Å². The Hall–Kier alpha value is -3.71. The maximum Gasteiger partial charge on any atom is 0.341 e. The van der Waals surface area contributed by atoms with E-state index < -0.39 is 23.8 Å². The fourth-order valence-electron chi connectivity index (χ4n) is 3.43. The van der Waals surface area contributed by atoms with Gasteiger partial charge in [0.2, 0.25) is 0 Å². The quantitative estimate of drug-likeness (QED) is 0.459. The number of carboxylic acid groups (broad SMARTS) is 1. The van der Waals surface area contributed by atoms with Gasteiger partial charge in [-0.2, -0.15) is 0 Å². The van der Waals surface area contributed by atoms with Crippen molar-refractivity contribution in [2.24, 2.45) is 7.05 Å². The number of rotatable bonds is 5. The number of carboxylic acids is 1. The molecule has 10 heteroatoms. The molecule has 9 nitrogen and oxygen atoms in total. The van der Waals surface area contributed by atoms with E-state index in [1.807, 2.05) is 6.92 Å². The lowest BCUT2D eigenvalue weighted by molar-refractivity contribution is -0.139. The predicted octanol–water partition coefficient (Wildman–Crippen LogP) is 1.93. The average Bonchev–Trinajstić information content (AvgIpc) is 3.13. The fourth-order valence-corrected chi connectivity index (χ4v) is 3.79. The number of aryl methyl sites for hydroxylation is 2. The lowest BCUT2D eigenvalue weighted by atomic mass is 10.0. The van der Waals surface area contributed by atoms with Crippen LogP contribution < -0.4 is 21.3 Å². The van der Waals surface area contributed by atoms with Crippen molar-refractivity contribution >= 4 is 31.5 Å². The minimum atomic E-state index is -1.11. The highest BCUT2D eigenvalue weighted by Crippen LogP contribution is 2.36. The summed E-state index contributed by atoms with van der Waals surface area (Å²) in [6.45, 7) is 3.06. The molecule has 0 saturated heterocycles. The topological polar surface area (TPSA) is 117 Å². The molecular weight excluding hydrogens is 433 g/mol.